The summed E-state index contributed by atoms with van der Waals surface area (Å²) in [5.74, 6) is 3.94. The molecule has 2 amide bonds. The summed E-state index contributed by atoms with van der Waals surface area (Å²) >= 11 is 1.32. The van der Waals surface area contributed by atoms with Gasteiger partial charge >= 0.3 is 6.03 Å². The van der Waals surface area contributed by atoms with Crippen LogP contribution in [0, 0.1) is 12.3 Å². The number of aromatic nitrogens is 2. The molecule has 0 radical (unpaired) electrons. The maximum atomic E-state index is 12.0. The maximum Gasteiger partial charge on any atom is 0.320 e. The van der Waals surface area contributed by atoms with Gasteiger partial charge in [-0.05, 0) is 36.5 Å². The maximum absolute atomic E-state index is 12.0. The molecule has 146 valence electrons. The zero-order valence-corrected chi connectivity index (χ0v) is 16.7. The molecule has 29 heavy (non-hydrogen) atoms. The van der Waals surface area contributed by atoms with Crippen LogP contribution >= 0.6 is 11.3 Å². The molecule has 0 unspecified atom stereocenters. The van der Waals surface area contributed by atoms with Crippen molar-refractivity contribution in [2.24, 2.45) is 0 Å². The Kier molecular flexibility index (Phi) is 5.73. The van der Waals surface area contributed by atoms with Crippen LogP contribution in [0.5, 0.6) is 0 Å². The predicted molar refractivity (Wildman–Crippen MR) is 117 cm³/mol. The summed E-state index contributed by atoms with van der Waals surface area (Å²) in [4.78, 5) is 23.3. The van der Waals surface area contributed by atoms with Crippen molar-refractivity contribution >= 4 is 29.0 Å². The summed E-state index contributed by atoms with van der Waals surface area (Å²) in [5, 5.41) is 7.75. The van der Waals surface area contributed by atoms with E-state index in [-0.39, 0.29) is 6.03 Å². The lowest BCUT2D eigenvalue weighted by atomic mass is 10.1. The highest BCUT2D eigenvalue weighted by Crippen LogP contribution is 2.23. The van der Waals surface area contributed by atoms with Crippen molar-refractivity contribution in [2.45, 2.75) is 19.4 Å². The second-order valence-corrected chi connectivity index (χ2v) is 7.62. The van der Waals surface area contributed by atoms with Crippen LogP contribution in [0.4, 0.5) is 16.4 Å². The number of hydrogen-bond donors (Lipinski definition) is 2. The molecule has 0 saturated carbocycles. The highest BCUT2D eigenvalue weighted by molar-refractivity contribution is 7.10. The highest BCUT2D eigenvalue weighted by atomic mass is 32.1. The fourth-order valence-electron chi connectivity index (χ4n) is 3.24. The number of urea groups is 1. The number of carbonyl (C=O) groups excluding carboxylic acids is 1. The number of thiazole rings is 1. The van der Waals surface area contributed by atoms with Crippen LogP contribution in [0.3, 0.4) is 0 Å². The minimum absolute atomic E-state index is 0.317. The van der Waals surface area contributed by atoms with Gasteiger partial charge in [0.2, 0.25) is 0 Å². The summed E-state index contributed by atoms with van der Waals surface area (Å²) in [6, 6.07) is 13.9. The Hall–Kier alpha value is -3.37. The molecule has 0 spiro atoms. The van der Waals surface area contributed by atoms with E-state index in [1.54, 1.807) is 5.38 Å². The van der Waals surface area contributed by atoms with E-state index in [9.17, 15) is 4.79 Å². The first-order chi connectivity index (χ1) is 14.2. The lowest BCUT2D eigenvalue weighted by molar-refractivity contribution is 0.251. The molecule has 7 heteroatoms. The van der Waals surface area contributed by atoms with Crippen LogP contribution in [0.1, 0.15) is 23.4 Å². The summed E-state index contributed by atoms with van der Waals surface area (Å²) in [7, 11) is 0. The predicted octanol–water partition coefficient (Wildman–Crippen LogP) is 4.11. The molecule has 1 aliphatic rings. The van der Waals surface area contributed by atoms with Gasteiger partial charge in [-0.3, -0.25) is 5.32 Å². The van der Waals surface area contributed by atoms with Gasteiger partial charge in [-0.2, -0.15) is 0 Å². The van der Waals surface area contributed by atoms with Gasteiger partial charge in [0.1, 0.15) is 11.6 Å². The Balaban J connectivity index is 1.35. The number of rotatable bonds is 5. The molecule has 0 aliphatic carbocycles. The summed E-state index contributed by atoms with van der Waals surface area (Å²) in [6.45, 7) is 2.57. The van der Waals surface area contributed by atoms with E-state index in [1.807, 2.05) is 30.3 Å². The molecule has 1 aliphatic heterocycles. The first kappa shape index (κ1) is 19.0. The Labute approximate surface area is 174 Å². The van der Waals surface area contributed by atoms with Gasteiger partial charge in [0, 0.05) is 30.6 Å². The molecule has 0 bridgehead atoms. The molecule has 4 rings (SSSR count). The van der Waals surface area contributed by atoms with Gasteiger partial charge in [0.25, 0.3) is 0 Å². The average molecular weight is 404 g/mol. The lowest BCUT2D eigenvalue weighted by Gasteiger charge is -2.17. The molecule has 3 heterocycles. The van der Waals surface area contributed by atoms with E-state index >= 15 is 0 Å². The standard InChI is InChI=1S/C22H21N5OS/c1-2-21-25-19(15-29-21)26-22(28)23-14-16-8-10-17(11-9-16)18-6-5-7-20(24-18)27-12-3-4-13-27/h1,5-11,15H,3-4,12-14H2,(H2,23,26,28). The number of terminal acetylenes is 1. The Morgan fingerprint density at radius 2 is 1.93 bits per heavy atom. The van der Waals surface area contributed by atoms with Gasteiger partial charge in [-0.25, -0.2) is 14.8 Å². The third-order valence-electron chi connectivity index (χ3n) is 4.74. The van der Waals surface area contributed by atoms with Crippen molar-refractivity contribution in [3.63, 3.8) is 0 Å². The first-order valence-corrected chi connectivity index (χ1v) is 10.4. The largest absolute Gasteiger partial charge is 0.357 e. The zero-order chi connectivity index (χ0) is 20.1. The van der Waals surface area contributed by atoms with Crippen molar-refractivity contribution < 1.29 is 4.79 Å². The van der Waals surface area contributed by atoms with Gasteiger partial charge in [-0.15, -0.1) is 17.8 Å². The van der Waals surface area contributed by atoms with E-state index in [1.165, 1.54) is 24.2 Å². The van der Waals surface area contributed by atoms with E-state index in [0.29, 0.717) is 17.4 Å². The second-order valence-electron chi connectivity index (χ2n) is 6.76. The van der Waals surface area contributed by atoms with Crippen LogP contribution in [-0.4, -0.2) is 29.1 Å². The van der Waals surface area contributed by atoms with Crippen molar-refractivity contribution in [1.29, 1.82) is 0 Å². The van der Waals surface area contributed by atoms with Crippen LogP contribution in [0.15, 0.2) is 47.8 Å². The van der Waals surface area contributed by atoms with Crippen molar-refractivity contribution in [3.8, 4) is 23.6 Å². The molecule has 1 fully saturated rings. The fourth-order valence-corrected chi connectivity index (χ4v) is 3.79. The third-order valence-corrected chi connectivity index (χ3v) is 5.51. The molecule has 1 saturated heterocycles. The minimum Gasteiger partial charge on any atom is -0.357 e. The summed E-state index contributed by atoms with van der Waals surface area (Å²) in [5.41, 5.74) is 3.02. The number of anilines is 2. The van der Waals surface area contributed by atoms with Crippen molar-refractivity contribution in [3.05, 3.63) is 58.4 Å². The number of benzene rings is 1. The van der Waals surface area contributed by atoms with Crippen LogP contribution in [0.2, 0.25) is 0 Å². The van der Waals surface area contributed by atoms with Gasteiger partial charge in [0.05, 0.1) is 5.69 Å². The second kappa shape index (κ2) is 8.76. The summed E-state index contributed by atoms with van der Waals surface area (Å²) in [6.07, 6.45) is 7.75. The minimum atomic E-state index is -0.317. The smallest absolute Gasteiger partial charge is 0.320 e. The number of pyridine rings is 1. The molecule has 2 aromatic heterocycles. The average Bonchev–Trinajstić information content (AvgIpc) is 3.45. The van der Waals surface area contributed by atoms with E-state index < -0.39 is 0 Å². The van der Waals surface area contributed by atoms with Crippen LogP contribution < -0.4 is 15.5 Å². The first-order valence-electron chi connectivity index (χ1n) is 9.49. The Morgan fingerprint density at radius 1 is 1.14 bits per heavy atom. The normalized spacial score (nSPS) is 13.1. The van der Waals surface area contributed by atoms with Crippen molar-refractivity contribution in [2.75, 3.05) is 23.3 Å². The van der Waals surface area contributed by atoms with Gasteiger partial charge < -0.3 is 10.2 Å². The van der Waals surface area contributed by atoms with Crippen molar-refractivity contribution in [1.82, 2.24) is 15.3 Å². The topological polar surface area (TPSA) is 70.2 Å². The summed E-state index contributed by atoms with van der Waals surface area (Å²) < 4.78 is 0. The Bertz CT molecular complexity index is 1030. The van der Waals surface area contributed by atoms with Crippen LogP contribution in [-0.2, 0) is 6.54 Å². The number of carbonyl (C=O) groups is 1. The molecule has 2 N–H and O–H groups in total. The lowest BCUT2D eigenvalue weighted by Crippen LogP contribution is -2.28. The molecule has 1 aromatic carbocycles. The molecule has 6 nitrogen and oxygen atoms in total. The fraction of sp³-hybridized carbons (Fsp3) is 0.227. The van der Waals surface area contributed by atoms with Crippen LogP contribution in [0.25, 0.3) is 11.3 Å². The number of amides is 2. The highest BCUT2D eigenvalue weighted by Gasteiger charge is 2.14. The van der Waals surface area contributed by atoms with Gasteiger partial charge in [-0.1, -0.05) is 30.3 Å². The van der Waals surface area contributed by atoms with E-state index in [4.69, 9.17) is 11.4 Å². The Morgan fingerprint density at radius 3 is 2.66 bits per heavy atom. The van der Waals surface area contributed by atoms with E-state index in [2.05, 4.69) is 38.6 Å². The molecular formula is C22H21N5OS. The molecule has 3 aromatic rings. The zero-order valence-electron chi connectivity index (χ0n) is 15.9. The van der Waals surface area contributed by atoms with E-state index in [0.717, 1.165) is 35.7 Å². The molecule has 0 atom stereocenters. The quantitative estimate of drug-likeness (QED) is 0.629. The number of nitrogens with one attached hydrogen (secondary N) is 2. The SMILES string of the molecule is C#Cc1nc(NC(=O)NCc2ccc(-c3cccc(N4CCCC4)n3)cc2)cs1. The number of nitrogens with zero attached hydrogens (tertiary/aromatic N) is 3. The molecular weight excluding hydrogens is 382 g/mol. The monoisotopic (exact) mass is 403 g/mol. The van der Waals surface area contributed by atoms with Gasteiger partial charge in [0.15, 0.2) is 5.01 Å². The number of hydrogen-bond acceptors (Lipinski definition) is 5. The third kappa shape index (κ3) is 4.73.